The first-order chi connectivity index (χ1) is 9.76. The molecule has 0 radical (unpaired) electrons. The summed E-state index contributed by atoms with van der Waals surface area (Å²) in [6, 6.07) is 0.445. The van der Waals surface area contributed by atoms with Gasteiger partial charge in [-0.2, -0.15) is 16.7 Å². The summed E-state index contributed by atoms with van der Waals surface area (Å²) < 4.78 is 5.47. The third-order valence-corrected chi connectivity index (χ3v) is 5.48. The van der Waals surface area contributed by atoms with E-state index in [0.29, 0.717) is 18.4 Å². The van der Waals surface area contributed by atoms with Crippen molar-refractivity contribution in [1.82, 2.24) is 20.4 Å². The minimum atomic E-state index is 0.333. The molecule has 1 aliphatic rings. The smallest absolute Gasteiger partial charge is 0.232 e. The van der Waals surface area contributed by atoms with Crippen LogP contribution < -0.4 is 5.32 Å². The number of hydrogen-bond acceptors (Lipinski definition) is 7. The number of nitrogens with one attached hydrogen (secondary N) is 1. The van der Waals surface area contributed by atoms with Crippen molar-refractivity contribution in [2.24, 2.45) is 0 Å². The van der Waals surface area contributed by atoms with Crippen molar-refractivity contribution in [3.05, 3.63) is 27.8 Å². The van der Waals surface area contributed by atoms with Gasteiger partial charge < -0.3 is 9.84 Å². The van der Waals surface area contributed by atoms with Gasteiger partial charge in [-0.25, -0.2) is 4.98 Å². The molecule has 2 aromatic rings. The maximum Gasteiger partial charge on any atom is 0.232 e. The zero-order valence-corrected chi connectivity index (χ0v) is 13.3. The Morgan fingerprint density at radius 1 is 1.40 bits per heavy atom. The van der Waals surface area contributed by atoms with Crippen LogP contribution in [0, 0.1) is 6.92 Å². The Morgan fingerprint density at radius 2 is 2.30 bits per heavy atom. The maximum atomic E-state index is 5.47. The van der Waals surface area contributed by atoms with E-state index >= 15 is 0 Å². The van der Waals surface area contributed by atoms with E-state index in [4.69, 9.17) is 4.52 Å². The number of aryl methyl sites for hydroxylation is 1. The van der Waals surface area contributed by atoms with E-state index in [9.17, 15) is 0 Å². The zero-order valence-electron chi connectivity index (χ0n) is 11.6. The molecule has 1 saturated heterocycles. The van der Waals surface area contributed by atoms with Crippen molar-refractivity contribution >= 4 is 23.1 Å². The van der Waals surface area contributed by atoms with Gasteiger partial charge in [-0.05, 0) is 13.5 Å². The largest absolute Gasteiger partial charge is 0.339 e. The normalized spacial score (nSPS) is 22.5. The van der Waals surface area contributed by atoms with Crippen LogP contribution in [0.1, 0.15) is 35.3 Å². The number of thiazole rings is 1. The highest BCUT2D eigenvalue weighted by atomic mass is 32.2. The van der Waals surface area contributed by atoms with Crippen LogP contribution in [0.15, 0.2) is 9.90 Å². The predicted molar refractivity (Wildman–Crippen MR) is 81.5 cm³/mol. The number of hydrogen-bond donors (Lipinski definition) is 1. The Hall–Kier alpha value is -0.920. The predicted octanol–water partition coefficient (Wildman–Crippen LogP) is 2.23. The van der Waals surface area contributed by atoms with E-state index in [1.165, 1.54) is 0 Å². The third kappa shape index (κ3) is 3.05. The number of thioether (sulfide) groups is 1. The summed E-state index contributed by atoms with van der Waals surface area (Å²) in [7, 11) is 0. The van der Waals surface area contributed by atoms with Crippen LogP contribution in [0.3, 0.4) is 0 Å². The van der Waals surface area contributed by atoms with Gasteiger partial charge in [0.25, 0.3) is 0 Å². The van der Waals surface area contributed by atoms with E-state index in [-0.39, 0.29) is 0 Å². The highest BCUT2D eigenvalue weighted by molar-refractivity contribution is 7.99. The lowest BCUT2D eigenvalue weighted by atomic mass is 10.0. The summed E-state index contributed by atoms with van der Waals surface area (Å²) in [5.74, 6) is 4.00. The molecule has 20 heavy (non-hydrogen) atoms. The SMILES string of the molecule is CCNC1CSCC1c1nc(Cc2nc(C)cs2)no1. The van der Waals surface area contributed by atoms with Gasteiger partial charge in [0.1, 0.15) is 5.01 Å². The van der Waals surface area contributed by atoms with Gasteiger partial charge >= 0.3 is 0 Å². The quantitative estimate of drug-likeness (QED) is 0.914. The fourth-order valence-corrected chi connectivity index (χ4v) is 4.51. The van der Waals surface area contributed by atoms with Crippen LogP contribution in [0.25, 0.3) is 0 Å². The topological polar surface area (TPSA) is 63.8 Å². The zero-order chi connectivity index (χ0) is 13.9. The van der Waals surface area contributed by atoms with Gasteiger partial charge in [-0.1, -0.05) is 12.1 Å². The third-order valence-electron chi connectivity index (χ3n) is 3.32. The number of rotatable bonds is 5. The van der Waals surface area contributed by atoms with Gasteiger partial charge in [0.2, 0.25) is 5.89 Å². The molecule has 7 heteroatoms. The Morgan fingerprint density at radius 3 is 3.05 bits per heavy atom. The fraction of sp³-hybridized carbons (Fsp3) is 0.615. The van der Waals surface area contributed by atoms with E-state index < -0.39 is 0 Å². The molecular weight excluding hydrogens is 292 g/mol. The number of aromatic nitrogens is 3. The minimum Gasteiger partial charge on any atom is -0.339 e. The second-order valence-electron chi connectivity index (χ2n) is 4.92. The van der Waals surface area contributed by atoms with Crippen molar-refractivity contribution < 1.29 is 4.52 Å². The first-order valence-corrected chi connectivity index (χ1v) is 8.84. The molecule has 2 aromatic heterocycles. The van der Waals surface area contributed by atoms with Crippen LogP contribution in [0.4, 0.5) is 0 Å². The number of likely N-dealkylation sites (N-methyl/N-ethyl adjacent to an activating group) is 1. The van der Waals surface area contributed by atoms with Crippen LogP contribution >= 0.6 is 23.1 Å². The van der Waals surface area contributed by atoms with Gasteiger partial charge in [0, 0.05) is 28.6 Å². The van der Waals surface area contributed by atoms with Crippen molar-refractivity contribution in [2.45, 2.75) is 32.2 Å². The van der Waals surface area contributed by atoms with Gasteiger partial charge in [-0.15, -0.1) is 11.3 Å². The highest BCUT2D eigenvalue weighted by Gasteiger charge is 2.32. The Labute approximate surface area is 126 Å². The molecule has 0 bridgehead atoms. The van der Waals surface area contributed by atoms with Gasteiger partial charge in [0.05, 0.1) is 12.3 Å². The second kappa shape index (κ2) is 6.24. The van der Waals surface area contributed by atoms with E-state index in [0.717, 1.165) is 40.5 Å². The summed E-state index contributed by atoms with van der Waals surface area (Å²) in [6.07, 6.45) is 0.660. The molecule has 0 spiro atoms. The Kier molecular flexibility index (Phi) is 4.38. The summed E-state index contributed by atoms with van der Waals surface area (Å²) >= 11 is 3.59. The second-order valence-corrected chi connectivity index (χ2v) is 6.93. The Bertz CT molecular complexity index is 568. The van der Waals surface area contributed by atoms with E-state index in [2.05, 4.69) is 27.4 Å². The lowest BCUT2D eigenvalue weighted by Crippen LogP contribution is -2.34. The van der Waals surface area contributed by atoms with Crippen molar-refractivity contribution in [2.75, 3.05) is 18.1 Å². The van der Waals surface area contributed by atoms with Crippen LogP contribution in [-0.4, -0.2) is 39.2 Å². The first-order valence-electron chi connectivity index (χ1n) is 6.81. The lowest BCUT2D eigenvalue weighted by molar-refractivity contribution is 0.338. The van der Waals surface area contributed by atoms with Crippen molar-refractivity contribution in [3.63, 3.8) is 0 Å². The van der Waals surface area contributed by atoms with E-state index in [1.807, 2.05) is 24.1 Å². The summed E-state index contributed by atoms with van der Waals surface area (Å²) in [5.41, 5.74) is 1.05. The highest BCUT2D eigenvalue weighted by Crippen LogP contribution is 2.32. The van der Waals surface area contributed by atoms with Crippen LogP contribution in [-0.2, 0) is 6.42 Å². The summed E-state index contributed by atoms with van der Waals surface area (Å²) in [5, 5.41) is 10.7. The molecule has 0 aliphatic carbocycles. The number of nitrogens with zero attached hydrogens (tertiary/aromatic N) is 3. The summed E-state index contributed by atoms with van der Waals surface area (Å²) in [6.45, 7) is 5.10. The molecule has 1 aliphatic heterocycles. The Balaban J connectivity index is 1.70. The van der Waals surface area contributed by atoms with Crippen molar-refractivity contribution in [3.8, 4) is 0 Å². The molecule has 0 amide bonds. The average molecular weight is 310 g/mol. The van der Waals surface area contributed by atoms with Crippen LogP contribution in [0.5, 0.6) is 0 Å². The molecule has 0 aromatic carbocycles. The molecule has 2 atom stereocenters. The lowest BCUT2D eigenvalue weighted by Gasteiger charge is -2.15. The van der Waals surface area contributed by atoms with Crippen molar-refractivity contribution in [1.29, 1.82) is 0 Å². The first kappa shape index (κ1) is 14.0. The monoisotopic (exact) mass is 310 g/mol. The molecule has 2 unspecified atom stereocenters. The minimum absolute atomic E-state index is 0.333. The molecule has 1 N–H and O–H groups in total. The maximum absolute atomic E-state index is 5.47. The van der Waals surface area contributed by atoms with E-state index in [1.54, 1.807) is 11.3 Å². The van der Waals surface area contributed by atoms with Gasteiger partial charge in [0.15, 0.2) is 5.82 Å². The van der Waals surface area contributed by atoms with Crippen LogP contribution in [0.2, 0.25) is 0 Å². The van der Waals surface area contributed by atoms with Gasteiger partial charge in [-0.3, -0.25) is 0 Å². The molecular formula is C13H18N4OS2. The molecule has 5 nitrogen and oxygen atoms in total. The average Bonchev–Trinajstić information content (AvgIpc) is 3.12. The standard InChI is InChI=1S/C13H18N4OS2/c1-3-14-10-7-19-6-9(10)13-16-11(17-18-13)4-12-15-8(2)5-20-12/h5,9-10,14H,3-4,6-7H2,1-2H3. The molecule has 1 fully saturated rings. The molecule has 108 valence electrons. The molecule has 3 heterocycles. The summed E-state index contributed by atoms with van der Waals surface area (Å²) in [4.78, 5) is 9.00. The fourth-order valence-electron chi connectivity index (χ4n) is 2.37. The molecule has 0 saturated carbocycles. The molecule has 3 rings (SSSR count).